The Balaban J connectivity index is 1.57. The molecule has 2 aromatic heterocycles. The van der Waals surface area contributed by atoms with Gasteiger partial charge in [0.15, 0.2) is 17.4 Å². The molecule has 34 heavy (non-hydrogen) atoms. The molecule has 5 rings (SSSR count). The van der Waals surface area contributed by atoms with E-state index in [4.69, 9.17) is 4.74 Å². The van der Waals surface area contributed by atoms with E-state index in [0.29, 0.717) is 48.2 Å². The fourth-order valence-electron chi connectivity index (χ4n) is 3.68. The molecule has 176 valence electrons. The number of hydrogen-bond donors (Lipinski definition) is 1. The molecule has 4 aromatic rings. The lowest BCUT2D eigenvalue weighted by Gasteiger charge is -2.29. The van der Waals surface area contributed by atoms with E-state index >= 15 is 0 Å². The van der Waals surface area contributed by atoms with E-state index in [0.717, 1.165) is 5.56 Å². The Labute approximate surface area is 190 Å². The Bertz CT molecular complexity index is 1340. The summed E-state index contributed by atoms with van der Waals surface area (Å²) in [6, 6.07) is 11.5. The van der Waals surface area contributed by atoms with Crippen molar-refractivity contribution < 1.29 is 27.0 Å². The third-order valence-corrected chi connectivity index (χ3v) is 5.24. The first kappa shape index (κ1) is 21.7. The lowest BCUT2D eigenvalue weighted by molar-refractivity contribution is -0.274. The normalized spacial score (nSPS) is 13.5. The lowest BCUT2D eigenvalue weighted by Crippen LogP contribution is -2.30. The quantitative estimate of drug-likeness (QED) is 0.433. The van der Waals surface area contributed by atoms with Gasteiger partial charge in [0.25, 0.3) is 0 Å². The minimum Gasteiger partial charge on any atom is -0.486 e. The van der Waals surface area contributed by atoms with Gasteiger partial charge in [-0.2, -0.15) is 4.52 Å². The number of nitrogens with one attached hydrogen (secondary N) is 1. The number of anilines is 2. The largest absolute Gasteiger partial charge is 0.573 e. The van der Waals surface area contributed by atoms with Gasteiger partial charge < -0.3 is 19.7 Å². The third-order valence-electron chi connectivity index (χ3n) is 5.24. The number of rotatable bonds is 5. The fourth-order valence-corrected chi connectivity index (χ4v) is 3.68. The van der Waals surface area contributed by atoms with Crippen LogP contribution < -0.4 is 19.7 Å². The second-order valence-electron chi connectivity index (χ2n) is 7.61. The molecule has 0 aliphatic carbocycles. The molecular weight excluding hydrogens is 456 g/mol. The van der Waals surface area contributed by atoms with Gasteiger partial charge in [-0.05, 0) is 29.8 Å². The second-order valence-corrected chi connectivity index (χ2v) is 7.61. The Kier molecular flexibility index (Phi) is 5.34. The van der Waals surface area contributed by atoms with Crippen molar-refractivity contribution in [2.24, 2.45) is 0 Å². The number of fused-ring (bicyclic) bond motifs is 3. The molecule has 0 atom stereocenters. The van der Waals surface area contributed by atoms with Crippen molar-refractivity contribution in [2.75, 3.05) is 30.4 Å². The molecule has 0 saturated carbocycles. The van der Waals surface area contributed by atoms with Gasteiger partial charge in [0, 0.05) is 19.2 Å². The first-order chi connectivity index (χ1) is 16.3. The summed E-state index contributed by atoms with van der Waals surface area (Å²) in [6.07, 6.45) is -4.82. The molecule has 0 unspecified atom stereocenters. The van der Waals surface area contributed by atoms with E-state index in [-0.39, 0.29) is 17.4 Å². The highest BCUT2D eigenvalue weighted by atomic mass is 19.4. The summed E-state index contributed by atoms with van der Waals surface area (Å²) in [5.41, 5.74) is 2.16. The monoisotopic (exact) mass is 474 g/mol. The summed E-state index contributed by atoms with van der Waals surface area (Å²) in [6.45, 7) is 1.39. The highest BCUT2D eigenvalue weighted by molar-refractivity contribution is 5.82. The fraction of sp³-hybridized carbons (Fsp3) is 0.227. The van der Waals surface area contributed by atoms with Crippen molar-refractivity contribution in [2.45, 2.75) is 12.9 Å². The maximum atomic E-state index is 13.2. The average Bonchev–Trinajstić information content (AvgIpc) is 3.22. The number of ether oxygens (including phenoxy) is 2. The zero-order valence-electron chi connectivity index (χ0n) is 17.8. The maximum Gasteiger partial charge on any atom is 0.573 e. The number of likely N-dealkylation sites (N-methyl/N-ethyl adjacent to an activating group) is 1. The predicted octanol–water partition coefficient (Wildman–Crippen LogP) is 4.27. The van der Waals surface area contributed by atoms with Crippen molar-refractivity contribution in [3.8, 4) is 22.9 Å². The van der Waals surface area contributed by atoms with Crippen LogP contribution in [0.25, 0.3) is 17.0 Å². The van der Waals surface area contributed by atoms with Gasteiger partial charge in [0.05, 0.1) is 6.54 Å². The minimum absolute atomic E-state index is 0.215. The van der Waals surface area contributed by atoms with E-state index in [2.05, 4.69) is 25.3 Å². The van der Waals surface area contributed by atoms with Gasteiger partial charge in [-0.25, -0.2) is 4.39 Å². The van der Waals surface area contributed by atoms with Gasteiger partial charge in [-0.3, -0.25) is 0 Å². The van der Waals surface area contributed by atoms with Gasteiger partial charge in [-0.1, -0.05) is 24.3 Å². The number of aromatic nitrogens is 4. The maximum absolute atomic E-state index is 13.2. The van der Waals surface area contributed by atoms with E-state index in [9.17, 15) is 17.6 Å². The van der Waals surface area contributed by atoms with Crippen molar-refractivity contribution >= 4 is 17.2 Å². The number of alkyl halides is 3. The highest BCUT2D eigenvalue weighted by Gasteiger charge is 2.31. The van der Waals surface area contributed by atoms with Gasteiger partial charge in [0.1, 0.15) is 23.9 Å². The molecular formula is C22H18F4N6O2. The molecule has 0 saturated heterocycles. The van der Waals surface area contributed by atoms with E-state index in [1.54, 1.807) is 18.2 Å². The summed E-state index contributed by atoms with van der Waals surface area (Å²) in [5, 5.41) is 16.2. The number of halogens is 4. The van der Waals surface area contributed by atoms with Crippen LogP contribution in [0.1, 0.15) is 5.56 Å². The Morgan fingerprint density at radius 3 is 2.68 bits per heavy atom. The molecule has 0 amide bonds. The molecule has 1 N–H and O–H groups in total. The van der Waals surface area contributed by atoms with E-state index < -0.39 is 6.36 Å². The first-order valence-electron chi connectivity index (χ1n) is 10.3. The van der Waals surface area contributed by atoms with Crippen LogP contribution in [-0.4, -0.2) is 46.4 Å². The van der Waals surface area contributed by atoms with Crippen LogP contribution in [0.2, 0.25) is 0 Å². The second kappa shape index (κ2) is 8.36. The smallest absolute Gasteiger partial charge is 0.486 e. The molecule has 0 spiro atoms. The zero-order chi connectivity index (χ0) is 23.9. The predicted molar refractivity (Wildman–Crippen MR) is 115 cm³/mol. The minimum atomic E-state index is -4.82. The summed E-state index contributed by atoms with van der Waals surface area (Å²) in [7, 11) is 1.89. The molecule has 1 aliphatic rings. The van der Waals surface area contributed by atoms with Crippen LogP contribution in [0.15, 0.2) is 48.5 Å². The molecule has 3 heterocycles. The van der Waals surface area contributed by atoms with Crippen molar-refractivity contribution in [3.05, 3.63) is 59.9 Å². The van der Waals surface area contributed by atoms with Gasteiger partial charge in [0.2, 0.25) is 5.65 Å². The van der Waals surface area contributed by atoms with Crippen LogP contribution in [0.3, 0.4) is 0 Å². The van der Waals surface area contributed by atoms with Crippen LogP contribution >= 0.6 is 0 Å². The Morgan fingerprint density at radius 2 is 1.91 bits per heavy atom. The van der Waals surface area contributed by atoms with Crippen LogP contribution in [0.4, 0.5) is 29.1 Å². The van der Waals surface area contributed by atoms with Crippen LogP contribution in [0, 0.1) is 5.82 Å². The first-order valence-corrected chi connectivity index (χ1v) is 10.3. The van der Waals surface area contributed by atoms with Gasteiger partial charge in [-0.15, -0.1) is 28.5 Å². The Hall–Kier alpha value is -4.09. The summed E-state index contributed by atoms with van der Waals surface area (Å²) >= 11 is 0. The molecule has 1 aliphatic heterocycles. The molecule has 2 aromatic carbocycles. The number of nitrogens with zero attached hydrogens (tertiary/aromatic N) is 5. The summed E-state index contributed by atoms with van der Waals surface area (Å²) < 4.78 is 62.6. The topological polar surface area (TPSA) is 76.8 Å². The average molecular weight is 474 g/mol. The van der Waals surface area contributed by atoms with Gasteiger partial charge >= 0.3 is 6.36 Å². The molecule has 0 radical (unpaired) electrons. The molecule has 8 nitrogen and oxygen atoms in total. The summed E-state index contributed by atoms with van der Waals surface area (Å²) in [4.78, 5) is 1.96. The van der Waals surface area contributed by atoms with Crippen molar-refractivity contribution in [3.63, 3.8) is 0 Å². The van der Waals surface area contributed by atoms with Crippen LogP contribution in [0.5, 0.6) is 11.5 Å². The van der Waals surface area contributed by atoms with E-state index in [1.807, 2.05) is 11.9 Å². The summed E-state index contributed by atoms with van der Waals surface area (Å²) in [5.74, 6) is 0.404. The van der Waals surface area contributed by atoms with Crippen molar-refractivity contribution in [1.82, 2.24) is 19.8 Å². The SMILES string of the molecule is CN1CCOc2c1c(NCc1ccc(F)cc1)nn1c(-c3cccc(OC(F)(F)F)c3)nnc21. The zero-order valence-corrected chi connectivity index (χ0v) is 17.8. The standard InChI is InChI=1S/C22H18F4N6O2/c1-31-9-10-33-18-17(31)19(27-12-13-5-7-15(23)8-6-13)30-32-20(28-29-21(18)32)14-3-2-4-16(11-14)34-22(24,25)26/h2-8,11H,9-10,12H2,1H3,(H,27,30). The Morgan fingerprint density at radius 1 is 1.12 bits per heavy atom. The number of hydrogen-bond acceptors (Lipinski definition) is 7. The third kappa shape index (κ3) is 4.26. The van der Waals surface area contributed by atoms with Crippen molar-refractivity contribution in [1.29, 1.82) is 0 Å². The lowest BCUT2D eigenvalue weighted by atomic mass is 10.2. The van der Waals surface area contributed by atoms with Crippen LogP contribution in [-0.2, 0) is 6.54 Å². The molecule has 12 heteroatoms. The molecule has 0 fully saturated rings. The highest BCUT2D eigenvalue weighted by Crippen LogP contribution is 2.40. The molecule has 0 bridgehead atoms. The van der Waals surface area contributed by atoms with E-state index in [1.165, 1.54) is 34.8 Å². The number of benzene rings is 2.